The van der Waals surface area contributed by atoms with Crippen LogP contribution in [-0.4, -0.2) is 4.57 Å². The summed E-state index contributed by atoms with van der Waals surface area (Å²) in [6, 6.07) is 23.8. The topological polar surface area (TPSA) is 4.93 Å². The molecule has 0 aliphatic heterocycles. The van der Waals surface area contributed by atoms with Crippen molar-refractivity contribution in [2.45, 2.75) is 6.92 Å². The van der Waals surface area contributed by atoms with Gasteiger partial charge in [-0.1, -0.05) is 55.1 Å². The molecule has 0 atom stereocenters. The maximum absolute atomic E-state index is 3.83. The quantitative estimate of drug-likeness (QED) is 0.442. The van der Waals surface area contributed by atoms with Crippen LogP contribution in [0.25, 0.3) is 33.6 Å². The normalized spacial score (nSPS) is 11.1. The van der Waals surface area contributed by atoms with E-state index in [9.17, 15) is 0 Å². The fourth-order valence-electron chi connectivity index (χ4n) is 3.12. The number of rotatable bonds is 2. The molecule has 0 aliphatic rings. The van der Waals surface area contributed by atoms with E-state index in [1.165, 1.54) is 33.1 Å². The Balaban J connectivity index is 2.12. The van der Waals surface area contributed by atoms with Crippen molar-refractivity contribution in [3.8, 4) is 5.69 Å². The molecule has 0 saturated heterocycles. The highest BCUT2D eigenvalue weighted by Gasteiger charge is 2.11. The summed E-state index contributed by atoms with van der Waals surface area (Å²) in [6.07, 6.45) is 1.87. The standard InChI is InChI=1S/C21H17N/c1-3-16-9-11-17(12-10-16)22-20-7-5-4-6-18(20)19-13-8-15(2)14-21(19)22/h3-14H,1H2,2H3. The van der Waals surface area contributed by atoms with Crippen LogP contribution >= 0.6 is 0 Å². The average molecular weight is 283 g/mol. The number of hydrogen-bond acceptors (Lipinski definition) is 0. The van der Waals surface area contributed by atoms with Crippen molar-refractivity contribution in [1.29, 1.82) is 0 Å². The van der Waals surface area contributed by atoms with E-state index < -0.39 is 0 Å². The average Bonchev–Trinajstić information content (AvgIpc) is 2.88. The minimum absolute atomic E-state index is 1.14. The van der Waals surface area contributed by atoms with Gasteiger partial charge in [0.2, 0.25) is 0 Å². The van der Waals surface area contributed by atoms with Crippen LogP contribution in [0.5, 0.6) is 0 Å². The van der Waals surface area contributed by atoms with Crippen molar-refractivity contribution < 1.29 is 0 Å². The zero-order valence-electron chi connectivity index (χ0n) is 12.6. The Bertz CT molecular complexity index is 988. The van der Waals surface area contributed by atoms with Crippen molar-refractivity contribution in [3.63, 3.8) is 0 Å². The van der Waals surface area contributed by atoms with E-state index in [0.29, 0.717) is 0 Å². The highest BCUT2D eigenvalue weighted by molar-refractivity contribution is 6.09. The molecular weight excluding hydrogens is 266 g/mol. The Hall–Kier alpha value is -2.80. The maximum atomic E-state index is 3.83. The van der Waals surface area contributed by atoms with E-state index in [-0.39, 0.29) is 0 Å². The van der Waals surface area contributed by atoms with Crippen molar-refractivity contribution >= 4 is 27.9 Å². The van der Waals surface area contributed by atoms with Crippen LogP contribution in [0.15, 0.2) is 73.3 Å². The third-order valence-electron chi connectivity index (χ3n) is 4.22. The molecule has 106 valence electrons. The Morgan fingerprint density at radius 1 is 0.818 bits per heavy atom. The summed E-state index contributed by atoms with van der Waals surface area (Å²) in [4.78, 5) is 0. The zero-order chi connectivity index (χ0) is 15.1. The predicted octanol–water partition coefficient (Wildman–Crippen LogP) is 5.74. The molecule has 0 aliphatic carbocycles. The van der Waals surface area contributed by atoms with Gasteiger partial charge in [-0.3, -0.25) is 0 Å². The second-order valence-corrected chi connectivity index (χ2v) is 5.67. The number of aryl methyl sites for hydroxylation is 1. The molecular formula is C21H17N. The lowest BCUT2D eigenvalue weighted by atomic mass is 10.1. The van der Waals surface area contributed by atoms with Gasteiger partial charge in [0.05, 0.1) is 11.0 Å². The van der Waals surface area contributed by atoms with E-state index in [1.54, 1.807) is 0 Å². The lowest BCUT2D eigenvalue weighted by Crippen LogP contribution is -1.93. The van der Waals surface area contributed by atoms with Gasteiger partial charge in [-0.15, -0.1) is 0 Å². The molecule has 4 aromatic rings. The van der Waals surface area contributed by atoms with Gasteiger partial charge >= 0.3 is 0 Å². The molecule has 1 nitrogen and oxygen atoms in total. The monoisotopic (exact) mass is 283 g/mol. The van der Waals surface area contributed by atoms with Crippen molar-refractivity contribution in [2.75, 3.05) is 0 Å². The van der Waals surface area contributed by atoms with E-state index in [2.05, 4.69) is 84.8 Å². The smallest absolute Gasteiger partial charge is 0.0543 e. The van der Waals surface area contributed by atoms with Crippen LogP contribution in [0.4, 0.5) is 0 Å². The first-order chi connectivity index (χ1) is 10.8. The van der Waals surface area contributed by atoms with Gasteiger partial charge in [0.1, 0.15) is 0 Å². The third kappa shape index (κ3) is 1.86. The van der Waals surface area contributed by atoms with Gasteiger partial charge < -0.3 is 4.57 Å². The Kier molecular flexibility index (Phi) is 2.87. The first-order valence-corrected chi connectivity index (χ1v) is 7.50. The largest absolute Gasteiger partial charge is 0.309 e. The summed E-state index contributed by atoms with van der Waals surface area (Å²) in [5, 5.41) is 2.60. The molecule has 1 heteroatoms. The minimum Gasteiger partial charge on any atom is -0.309 e. The Morgan fingerprint density at radius 2 is 1.55 bits per heavy atom. The summed E-state index contributed by atoms with van der Waals surface area (Å²) < 4.78 is 2.34. The molecule has 0 spiro atoms. The molecule has 0 amide bonds. The molecule has 4 rings (SSSR count). The van der Waals surface area contributed by atoms with Gasteiger partial charge in [-0.05, 0) is 42.3 Å². The van der Waals surface area contributed by atoms with E-state index in [4.69, 9.17) is 0 Å². The Labute approximate surface area is 130 Å². The SMILES string of the molecule is C=Cc1ccc(-n2c3ccccc3c3ccc(C)cc32)cc1. The van der Waals surface area contributed by atoms with Crippen molar-refractivity contribution in [2.24, 2.45) is 0 Å². The van der Waals surface area contributed by atoms with Crippen LogP contribution in [-0.2, 0) is 0 Å². The summed E-state index contributed by atoms with van der Waals surface area (Å²) >= 11 is 0. The van der Waals surface area contributed by atoms with Crippen LogP contribution in [0.3, 0.4) is 0 Å². The number of benzene rings is 3. The predicted molar refractivity (Wildman–Crippen MR) is 95.6 cm³/mol. The molecule has 1 aromatic heterocycles. The highest BCUT2D eigenvalue weighted by atomic mass is 15.0. The lowest BCUT2D eigenvalue weighted by Gasteiger charge is -2.08. The van der Waals surface area contributed by atoms with E-state index in [1.807, 2.05) is 6.08 Å². The lowest BCUT2D eigenvalue weighted by molar-refractivity contribution is 1.18. The van der Waals surface area contributed by atoms with E-state index >= 15 is 0 Å². The highest BCUT2D eigenvalue weighted by Crippen LogP contribution is 2.32. The van der Waals surface area contributed by atoms with Crippen molar-refractivity contribution in [1.82, 2.24) is 4.57 Å². The molecule has 1 heterocycles. The van der Waals surface area contributed by atoms with Gasteiger partial charge in [0.15, 0.2) is 0 Å². The maximum Gasteiger partial charge on any atom is 0.0543 e. The first kappa shape index (κ1) is 12.9. The van der Waals surface area contributed by atoms with Crippen molar-refractivity contribution in [3.05, 3.63) is 84.4 Å². The summed E-state index contributed by atoms with van der Waals surface area (Å²) in [5.41, 5.74) is 6.10. The second-order valence-electron chi connectivity index (χ2n) is 5.67. The zero-order valence-corrected chi connectivity index (χ0v) is 12.6. The molecule has 0 radical (unpaired) electrons. The number of para-hydroxylation sites is 1. The van der Waals surface area contributed by atoms with Crippen LogP contribution in [0.2, 0.25) is 0 Å². The molecule has 22 heavy (non-hydrogen) atoms. The summed E-state index contributed by atoms with van der Waals surface area (Å²) in [6.45, 7) is 5.97. The van der Waals surface area contributed by atoms with E-state index in [0.717, 1.165) is 5.56 Å². The molecule has 0 fully saturated rings. The van der Waals surface area contributed by atoms with Crippen LogP contribution in [0.1, 0.15) is 11.1 Å². The number of aromatic nitrogens is 1. The Morgan fingerprint density at radius 3 is 2.32 bits per heavy atom. The molecule has 0 bridgehead atoms. The fourth-order valence-corrected chi connectivity index (χ4v) is 3.12. The molecule has 3 aromatic carbocycles. The van der Waals surface area contributed by atoms with Gasteiger partial charge in [-0.25, -0.2) is 0 Å². The minimum atomic E-state index is 1.14. The summed E-state index contributed by atoms with van der Waals surface area (Å²) in [7, 11) is 0. The van der Waals surface area contributed by atoms with Gasteiger partial charge in [0.25, 0.3) is 0 Å². The summed E-state index contributed by atoms with van der Waals surface area (Å²) in [5.74, 6) is 0. The second kappa shape index (κ2) is 4.88. The first-order valence-electron chi connectivity index (χ1n) is 7.50. The fraction of sp³-hybridized carbons (Fsp3) is 0.0476. The number of fused-ring (bicyclic) bond motifs is 3. The van der Waals surface area contributed by atoms with Crippen LogP contribution in [0, 0.1) is 6.92 Å². The van der Waals surface area contributed by atoms with Gasteiger partial charge in [0, 0.05) is 16.5 Å². The van der Waals surface area contributed by atoms with Gasteiger partial charge in [-0.2, -0.15) is 0 Å². The molecule has 0 unspecified atom stereocenters. The molecule has 0 N–H and O–H groups in total. The van der Waals surface area contributed by atoms with Crippen LogP contribution < -0.4 is 0 Å². The number of hydrogen-bond donors (Lipinski definition) is 0. The molecule has 0 saturated carbocycles. The third-order valence-corrected chi connectivity index (χ3v) is 4.22. The number of nitrogens with zero attached hydrogens (tertiary/aromatic N) is 1.